The van der Waals surface area contributed by atoms with Gasteiger partial charge < -0.3 is 5.32 Å². The first-order valence-corrected chi connectivity index (χ1v) is 6.90. The van der Waals surface area contributed by atoms with Gasteiger partial charge in [-0.15, -0.1) is 0 Å². The summed E-state index contributed by atoms with van der Waals surface area (Å²) in [6.45, 7) is 6.18. The minimum absolute atomic E-state index is 0.256. The van der Waals surface area contributed by atoms with Gasteiger partial charge in [0, 0.05) is 6.54 Å². The van der Waals surface area contributed by atoms with Crippen molar-refractivity contribution in [3.8, 4) is 0 Å². The molecule has 5 nitrogen and oxygen atoms in total. The van der Waals surface area contributed by atoms with Crippen molar-refractivity contribution in [2.45, 2.75) is 33.2 Å². The lowest BCUT2D eigenvalue weighted by Crippen LogP contribution is -2.46. The third-order valence-corrected chi connectivity index (χ3v) is 2.44. The summed E-state index contributed by atoms with van der Waals surface area (Å²) in [5, 5.41) is 2.61. The lowest BCUT2D eigenvalue weighted by atomic mass is 10.0. The summed E-state index contributed by atoms with van der Waals surface area (Å²) in [5.74, 6) is -0.0107. The van der Waals surface area contributed by atoms with Crippen LogP contribution in [0.5, 0.6) is 0 Å². The van der Waals surface area contributed by atoms with Crippen molar-refractivity contribution >= 4 is 15.9 Å². The molecule has 1 amide bonds. The maximum absolute atomic E-state index is 11.5. The number of sulfonamides is 1. The van der Waals surface area contributed by atoms with Gasteiger partial charge in [0.1, 0.15) is 6.04 Å². The first-order valence-electron chi connectivity index (χ1n) is 5.01. The smallest absolute Gasteiger partial charge is 0.238 e. The van der Waals surface area contributed by atoms with Crippen LogP contribution in [0.1, 0.15) is 27.2 Å². The fraction of sp³-hybridized carbons (Fsp3) is 0.889. The monoisotopic (exact) mass is 236 g/mol. The van der Waals surface area contributed by atoms with Crippen molar-refractivity contribution < 1.29 is 13.2 Å². The zero-order valence-electron chi connectivity index (χ0n) is 9.70. The van der Waals surface area contributed by atoms with Crippen LogP contribution in [0, 0.1) is 5.92 Å². The van der Waals surface area contributed by atoms with Crippen molar-refractivity contribution in [2.24, 2.45) is 5.92 Å². The molecule has 0 fully saturated rings. The molecular formula is C9H20N2O3S. The Bertz CT molecular complexity index is 298. The third kappa shape index (κ3) is 7.33. The molecule has 1 unspecified atom stereocenters. The van der Waals surface area contributed by atoms with Gasteiger partial charge in [-0.25, -0.2) is 13.1 Å². The van der Waals surface area contributed by atoms with Gasteiger partial charge in [-0.05, 0) is 19.3 Å². The molecule has 0 aromatic carbocycles. The highest BCUT2D eigenvalue weighted by Crippen LogP contribution is 2.05. The molecule has 0 radical (unpaired) electrons. The van der Waals surface area contributed by atoms with Gasteiger partial charge in [-0.2, -0.15) is 0 Å². The number of nitrogens with one attached hydrogen (secondary N) is 2. The third-order valence-electron chi connectivity index (χ3n) is 1.73. The molecule has 0 rings (SSSR count). The van der Waals surface area contributed by atoms with E-state index in [1.54, 1.807) is 6.92 Å². The maximum Gasteiger partial charge on any atom is 0.238 e. The van der Waals surface area contributed by atoms with E-state index in [2.05, 4.69) is 10.0 Å². The molecule has 0 bridgehead atoms. The summed E-state index contributed by atoms with van der Waals surface area (Å²) < 4.78 is 24.4. The SMILES string of the molecule is CCNC(=O)C(CC(C)C)NS(C)(=O)=O. The van der Waals surface area contributed by atoms with E-state index in [0.717, 1.165) is 6.26 Å². The van der Waals surface area contributed by atoms with E-state index < -0.39 is 16.1 Å². The minimum Gasteiger partial charge on any atom is -0.355 e. The number of hydrogen-bond donors (Lipinski definition) is 2. The highest BCUT2D eigenvalue weighted by atomic mass is 32.2. The zero-order valence-corrected chi connectivity index (χ0v) is 10.5. The summed E-state index contributed by atoms with van der Waals surface area (Å²) in [7, 11) is -3.34. The van der Waals surface area contributed by atoms with E-state index in [1.165, 1.54) is 0 Å². The van der Waals surface area contributed by atoms with Crippen LogP contribution in [0.15, 0.2) is 0 Å². The van der Waals surface area contributed by atoms with Crippen LogP contribution in [-0.4, -0.2) is 33.2 Å². The lowest BCUT2D eigenvalue weighted by molar-refractivity contribution is -0.122. The highest BCUT2D eigenvalue weighted by Gasteiger charge is 2.22. The summed E-state index contributed by atoms with van der Waals surface area (Å²) in [6.07, 6.45) is 1.55. The molecule has 0 saturated heterocycles. The van der Waals surface area contributed by atoms with E-state index in [9.17, 15) is 13.2 Å². The van der Waals surface area contributed by atoms with Crippen LogP contribution in [0.3, 0.4) is 0 Å². The molecule has 0 heterocycles. The molecule has 15 heavy (non-hydrogen) atoms. The normalized spacial score (nSPS) is 13.9. The standard InChI is InChI=1S/C9H20N2O3S/c1-5-10-9(12)8(6-7(2)3)11-15(4,13)14/h7-8,11H,5-6H2,1-4H3,(H,10,12). The average Bonchev–Trinajstić information content (AvgIpc) is 1.99. The first-order chi connectivity index (χ1) is 6.76. The van der Waals surface area contributed by atoms with E-state index in [-0.39, 0.29) is 11.8 Å². The Morgan fingerprint density at radius 2 is 1.87 bits per heavy atom. The van der Waals surface area contributed by atoms with Gasteiger partial charge in [0.2, 0.25) is 15.9 Å². The molecule has 0 aliphatic heterocycles. The second-order valence-corrected chi connectivity index (χ2v) is 5.75. The number of carbonyl (C=O) groups is 1. The average molecular weight is 236 g/mol. The van der Waals surface area contributed by atoms with Crippen LogP contribution in [0.25, 0.3) is 0 Å². The topological polar surface area (TPSA) is 75.3 Å². The fourth-order valence-corrected chi connectivity index (χ4v) is 1.96. The summed E-state index contributed by atoms with van der Waals surface area (Å²) >= 11 is 0. The Morgan fingerprint density at radius 1 is 1.33 bits per heavy atom. The van der Waals surface area contributed by atoms with Gasteiger partial charge in [0.25, 0.3) is 0 Å². The Hall–Kier alpha value is -0.620. The highest BCUT2D eigenvalue weighted by molar-refractivity contribution is 7.88. The van der Waals surface area contributed by atoms with E-state index in [0.29, 0.717) is 13.0 Å². The Balaban J connectivity index is 4.51. The second kappa shape index (κ2) is 6.07. The van der Waals surface area contributed by atoms with Gasteiger partial charge in [-0.1, -0.05) is 13.8 Å². The molecule has 0 spiro atoms. The van der Waals surface area contributed by atoms with Crippen molar-refractivity contribution in [3.63, 3.8) is 0 Å². The predicted octanol–water partition coefficient (Wildman–Crippen LogP) is 0.0864. The largest absolute Gasteiger partial charge is 0.355 e. The molecule has 0 saturated carbocycles. The van der Waals surface area contributed by atoms with E-state index in [1.807, 2.05) is 13.8 Å². The quantitative estimate of drug-likeness (QED) is 0.686. The van der Waals surface area contributed by atoms with Gasteiger partial charge in [0.05, 0.1) is 6.26 Å². The molecule has 0 aliphatic carbocycles. The van der Waals surface area contributed by atoms with Crippen LogP contribution in [0.4, 0.5) is 0 Å². The van der Waals surface area contributed by atoms with E-state index >= 15 is 0 Å². The zero-order chi connectivity index (χ0) is 12.1. The predicted molar refractivity (Wildman–Crippen MR) is 59.9 cm³/mol. The number of hydrogen-bond acceptors (Lipinski definition) is 3. The van der Waals surface area contributed by atoms with E-state index in [4.69, 9.17) is 0 Å². The van der Waals surface area contributed by atoms with Crippen LogP contribution < -0.4 is 10.0 Å². The first kappa shape index (κ1) is 14.4. The van der Waals surface area contributed by atoms with Crippen molar-refractivity contribution in [1.82, 2.24) is 10.0 Å². The number of carbonyl (C=O) groups excluding carboxylic acids is 1. The molecular weight excluding hydrogens is 216 g/mol. The van der Waals surface area contributed by atoms with Crippen LogP contribution in [-0.2, 0) is 14.8 Å². The molecule has 2 N–H and O–H groups in total. The Morgan fingerprint density at radius 3 is 2.20 bits per heavy atom. The van der Waals surface area contributed by atoms with Crippen molar-refractivity contribution in [3.05, 3.63) is 0 Å². The molecule has 0 aliphatic rings. The fourth-order valence-electron chi connectivity index (χ4n) is 1.24. The van der Waals surface area contributed by atoms with Gasteiger partial charge >= 0.3 is 0 Å². The maximum atomic E-state index is 11.5. The molecule has 0 aromatic rings. The molecule has 1 atom stereocenters. The summed E-state index contributed by atoms with van der Waals surface area (Å²) in [4.78, 5) is 11.5. The summed E-state index contributed by atoms with van der Waals surface area (Å²) in [5.41, 5.74) is 0. The molecule has 0 aromatic heterocycles. The molecule has 90 valence electrons. The lowest BCUT2D eigenvalue weighted by Gasteiger charge is -2.18. The number of likely N-dealkylation sites (N-methyl/N-ethyl adjacent to an activating group) is 1. The van der Waals surface area contributed by atoms with Crippen molar-refractivity contribution in [2.75, 3.05) is 12.8 Å². The molecule has 6 heteroatoms. The van der Waals surface area contributed by atoms with Gasteiger partial charge in [0.15, 0.2) is 0 Å². The minimum atomic E-state index is -3.34. The van der Waals surface area contributed by atoms with Gasteiger partial charge in [-0.3, -0.25) is 4.79 Å². The number of amides is 1. The van der Waals surface area contributed by atoms with Crippen LogP contribution >= 0.6 is 0 Å². The number of rotatable bonds is 6. The Labute approximate surface area is 91.7 Å². The Kier molecular flexibility index (Phi) is 5.82. The van der Waals surface area contributed by atoms with Crippen molar-refractivity contribution in [1.29, 1.82) is 0 Å². The van der Waals surface area contributed by atoms with Crippen LogP contribution in [0.2, 0.25) is 0 Å². The summed E-state index contributed by atoms with van der Waals surface area (Å²) in [6, 6.07) is -0.667. The second-order valence-electron chi connectivity index (χ2n) is 3.97.